The van der Waals surface area contributed by atoms with Crippen LogP contribution in [-0.2, 0) is 0 Å². The highest BCUT2D eigenvalue weighted by Crippen LogP contribution is 2.42. The molecule has 2 aliphatic carbocycles. The Morgan fingerprint density at radius 1 is 1.00 bits per heavy atom. The predicted octanol–water partition coefficient (Wildman–Crippen LogP) is 4.62. The summed E-state index contributed by atoms with van der Waals surface area (Å²) in [6.07, 6.45) is 10.6. The summed E-state index contributed by atoms with van der Waals surface area (Å²) < 4.78 is 0. The monoisotopic (exact) mass is 190 g/mol. The van der Waals surface area contributed by atoms with Crippen LogP contribution in [0.2, 0.25) is 0 Å². The number of fused-ring (bicyclic) bond motifs is 1. The first-order valence-electron chi connectivity index (χ1n) is 6.01. The molecule has 0 nitrogen and oxygen atoms in total. The largest absolute Gasteiger partial charge is 0.0807 e. The summed E-state index contributed by atoms with van der Waals surface area (Å²) in [5, 5.41) is 0. The molecule has 2 aliphatic rings. The molecule has 0 aromatic carbocycles. The van der Waals surface area contributed by atoms with Crippen LogP contribution in [0.25, 0.3) is 0 Å². The second-order valence-electron chi connectivity index (χ2n) is 5.68. The summed E-state index contributed by atoms with van der Waals surface area (Å²) in [4.78, 5) is 0. The minimum absolute atomic E-state index is 0.395. The molecule has 1 fully saturated rings. The maximum atomic E-state index is 2.49. The van der Waals surface area contributed by atoms with Gasteiger partial charge >= 0.3 is 0 Å². The van der Waals surface area contributed by atoms with Crippen molar-refractivity contribution in [1.82, 2.24) is 0 Å². The highest BCUT2D eigenvalue weighted by molar-refractivity contribution is 5.41. The van der Waals surface area contributed by atoms with E-state index in [2.05, 4.69) is 26.8 Å². The SMILES string of the molecule is CC(C)(C)C1=C2CCCCC2=CCC1. The highest BCUT2D eigenvalue weighted by Gasteiger charge is 2.26. The molecule has 1 saturated carbocycles. The van der Waals surface area contributed by atoms with Gasteiger partial charge in [0.15, 0.2) is 0 Å². The molecule has 2 rings (SSSR count). The van der Waals surface area contributed by atoms with Gasteiger partial charge in [-0.15, -0.1) is 0 Å². The fraction of sp³-hybridized carbons (Fsp3) is 0.714. The lowest BCUT2D eigenvalue weighted by molar-refractivity contribution is 0.465. The maximum absolute atomic E-state index is 2.49. The Morgan fingerprint density at radius 3 is 2.43 bits per heavy atom. The molecule has 0 amide bonds. The van der Waals surface area contributed by atoms with Gasteiger partial charge in [-0.05, 0) is 55.1 Å². The Morgan fingerprint density at radius 2 is 1.71 bits per heavy atom. The van der Waals surface area contributed by atoms with E-state index in [1.165, 1.54) is 38.5 Å². The van der Waals surface area contributed by atoms with Crippen LogP contribution >= 0.6 is 0 Å². The van der Waals surface area contributed by atoms with Crippen molar-refractivity contribution in [2.45, 2.75) is 59.3 Å². The van der Waals surface area contributed by atoms with Gasteiger partial charge in [0.1, 0.15) is 0 Å². The van der Waals surface area contributed by atoms with E-state index in [1.807, 2.05) is 0 Å². The molecule has 14 heavy (non-hydrogen) atoms. The Hall–Kier alpha value is -0.520. The number of rotatable bonds is 0. The van der Waals surface area contributed by atoms with Crippen LogP contribution in [-0.4, -0.2) is 0 Å². The van der Waals surface area contributed by atoms with Gasteiger partial charge in [-0.1, -0.05) is 32.4 Å². The molecule has 0 aliphatic heterocycles. The van der Waals surface area contributed by atoms with Crippen molar-refractivity contribution < 1.29 is 0 Å². The number of allylic oxidation sites excluding steroid dienone is 4. The van der Waals surface area contributed by atoms with E-state index in [1.54, 1.807) is 16.7 Å². The molecule has 0 atom stereocenters. The first kappa shape index (κ1) is 10.0. The Kier molecular flexibility index (Phi) is 2.55. The standard InChI is InChI=1S/C14H22/c1-14(2,3)13-10-6-8-11-7-4-5-9-12(11)13/h8H,4-7,9-10H2,1-3H3. The van der Waals surface area contributed by atoms with Crippen LogP contribution in [0.3, 0.4) is 0 Å². The molecule has 0 aromatic rings. The van der Waals surface area contributed by atoms with Crippen molar-refractivity contribution in [2.24, 2.45) is 5.41 Å². The van der Waals surface area contributed by atoms with Crippen molar-refractivity contribution in [3.05, 3.63) is 22.8 Å². The normalized spacial score (nSPS) is 23.2. The molecule has 0 aromatic heterocycles. The summed E-state index contributed by atoms with van der Waals surface area (Å²) in [7, 11) is 0. The predicted molar refractivity (Wildman–Crippen MR) is 62.3 cm³/mol. The van der Waals surface area contributed by atoms with Gasteiger partial charge in [0, 0.05) is 0 Å². The summed E-state index contributed by atoms with van der Waals surface area (Å²) in [6.45, 7) is 7.10. The number of hydrogen-bond donors (Lipinski definition) is 0. The van der Waals surface area contributed by atoms with Crippen molar-refractivity contribution in [3.8, 4) is 0 Å². The Labute approximate surface area is 88.1 Å². The second-order valence-corrected chi connectivity index (χ2v) is 5.68. The van der Waals surface area contributed by atoms with E-state index >= 15 is 0 Å². The van der Waals surface area contributed by atoms with Crippen LogP contribution in [0.1, 0.15) is 59.3 Å². The van der Waals surface area contributed by atoms with Crippen LogP contribution in [0.4, 0.5) is 0 Å². The van der Waals surface area contributed by atoms with E-state index in [0.29, 0.717) is 5.41 Å². The van der Waals surface area contributed by atoms with E-state index in [4.69, 9.17) is 0 Å². The molecule has 0 heteroatoms. The van der Waals surface area contributed by atoms with Crippen LogP contribution < -0.4 is 0 Å². The van der Waals surface area contributed by atoms with Crippen molar-refractivity contribution in [3.63, 3.8) is 0 Å². The van der Waals surface area contributed by atoms with Gasteiger partial charge in [0.05, 0.1) is 0 Å². The molecule has 0 spiro atoms. The molecule has 0 radical (unpaired) electrons. The minimum Gasteiger partial charge on any atom is -0.0807 e. The lowest BCUT2D eigenvalue weighted by atomic mass is 9.72. The summed E-state index contributed by atoms with van der Waals surface area (Å²) in [6, 6.07) is 0. The van der Waals surface area contributed by atoms with Gasteiger partial charge in [0.2, 0.25) is 0 Å². The second kappa shape index (κ2) is 3.56. The average Bonchev–Trinajstić information content (AvgIpc) is 2.15. The van der Waals surface area contributed by atoms with E-state index in [9.17, 15) is 0 Å². The zero-order valence-corrected chi connectivity index (χ0v) is 9.82. The third kappa shape index (κ3) is 1.80. The minimum atomic E-state index is 0.395. The van der Waals surface area contributed by atoms with Crippen LogP contribution in [0, 0.1) is 5.41 Å². The quantitative estimate of drug-likeness (QED) is 0.522. The number of hydrogen-bond acceptors (Lipinski definition) is 0. The smallest absolute Gasteiger partial charge is 0.0167 e. The molecule has 0 saturated heterocycles. The molecular formula is C14H22. The zero-order chi connectivity index (χ0) is 10.2. The Balaban J connectivity index is 2.37. The molecule has 0 unspecified atom stereocenters. The molecule has 0 bridgehead atoms. The first-order chi connectivity index (χ1) is 6.59. The van der Waals surface area contributed by atoms with Gasteiger partial charge < -0.3 is 0 Å². The molecule has 0 N–H and O–H groups in total. The molecule has 0 heterocycles. The van der Waals surface area contributed by atoms with Gasteiger partial charge in [-0.25, -0.2) is 0 Å². The summed E-state index contributed by atoms with van der Waals surface area (Å²) in [5.74, 6) is 0. The van der Waals surface area contributed by atoms with Crippen molar-refractivity contribution >= 4 is 0 Å². The summed E-state index contributed by atoms with van der Waals surface area (Å²) in [5.41, 5.74) is 5.56. The van der Waals surface area contributed by atoms with Gasteiger partial charge in [0.25, 0.3) is 0 Å². The van der Waals surface area contributed by atoms with Crippen LogP contribution in [0.15, 0.2) is 22.8 Å². The lowest BCUT2D eigenvalue weighted by Crippen LogP contribution is -2.17. The third-order valence-corrected chi connectivity index (χ3v) is 3.57. The third-order valence-electron chi connectivity index (χ3n) is 3.57. The Bertz CT molecular complexity index is 284. The zero-order valence-electron chi connectivity index (χ0n) is 9.82. The lowest BCUT2D eigenvalue weighted by Gasteiger charge is -2.33. The van der Waals surface area contributed by atoms with Crippen molar-refractivity contribution in [2.75, 3.05) is 0 Å². The van der Waals surface area contributed by atoms with Crippen molar-refractivity contribution in [1.29, 1.82) is 0 Å². The molecular weight excluding hydrogens is 168 g/mol. The topological polar surface area (TPSA) is 0 Å². The maximum Gasteiger partial charge on any atom is -0.0167 e. The van der Waals surface area contributed by atoms with E-state index < -0.39 is 0 Å². The van der Waals surface area contributed by atoms with Crippen LogP contribution in [0.5, 0.6) is 0 Å². The van der Waals surface area contributed by atoms with E-state index in [-0.39, 0.29) is 0 Å². The van der Waals surface area contributed by atoms with E-state index in [0.717, 1.165) is 0 Å². The average molecular weight is 190 g/mol. The highest BCUT2D eigenvalue weighted by atomic mass is 14.3. The summed E-state index contributed by atoms with van der Waals surface area (Å²) >= 11 is 0. The fourth-order valence-electron chi connectivity index (χ4n) is 2.87. The van der Waals surface area contributed by atoms with Gasteiger partial charge in [-0.3, -0.25) is 0 Å². The first-order valence-corrected chi connectivity index (χ1v) is 6.01. The fourth-order valence-corrected chi connectivity index (χ4v) is 2.87. The van der Waals surface area contributed by atoms with Gasteiger partial charge in [-0.2, -0.15) is 0 Å². The molecule has 78 valence electrons.